The molecule has 0 bridgehead atoms. The maximum absolute atomic E-state index is 14.4. The van der Waals surface area contributed by atoms with Gasteiger partial charge in [-0.05, 0) is 31.5 Å². The molecule has 1 aliphatic heterocycles. The lowest BCUT2D eigenvalue weighted by Crippen LogP contribution is -2.58. The Morgan fingerprint density at radius 1 is 0.927 bits per heavy atom. The summed E-state index contributed by atoms with van der Waals surface area (Å²) >= 11 is 0. The van der Waals surface area contributed by atoms with Gasteiger partial charge in [-0.15, -0.1) is 10.2 Å². The zero-order valence-corrected chi connectivity index (χ0v) is 21.1. The molecule has 0 radical (unpaired) electrons. The lowest BCUT2D eigenvalue weighted by molar-refractivity contribution is -0.467. The maximum Gasteiger partial charge on any atom is 0.463 e. The van der Waals surface area contributed by atoms with Gasteiger partial charge in [0.05, 0.1) is 12.0 Å². The molecule has 1 saturated heterocycles. The van der Waals surface area contributed by atoms with Crippen LogP contribution in [0.4, 0.5) is 39.5 Å². The molecule has 0 unspecified atom stereocenters. The van der Waals surface area contributed by atoms with Gasteiger partial charge in [-0.2, -0.15) is 35.1 Å². The lowest BCUT2D eigenvalue weighted by atomic mass is 10.0. The second-order valence-electron chi connectivity index (χ2n) is 8.74. The highest BCUT2D eigenvalue weighted by atomic mass is 19.4. The van der Waals surface area contributed by atoms with Crippen LogP contribution in [0.3, 0.4) is 0 Å². The highest BCUT2D eigenvalue weighted by molar-refractivity contribution is 5.95. The first-order valence-electron chi connectivity index (χ1n) is 11.4. The molecule has 0 atom stereocenters. The molecule has 226 valence electrons. The third-order valence-electron chi connectivity index (χ3n) is 6.03. The number of hydrogen-bond acceptors (Lipinski definition) is 5. The minimum Gasteiger partial charge on any atom is -0.542 e. The first-order chi connectivity index (χ1) is 18.7. The Kier molecular flexibility index (Phi) is 9.83. The molecule has 1 aromatic carbocycles. The van der Waals surface area contributed by atoms with Crippen LogP contribution in [0.15, 0.2) is 23.0 Å². The Bertz CT molecular complexity index is 1360. The normalized spacial score (nSPS) is 14.3. The van der Waals surface area contributed by atoms with Crippen molar-refractivity contribution in [2.24, 2.45) is 0 Å². The van der Waals surface area contributed by atoms with E-state index in [2.05, 4.69) is 10.2 Å². The number of amides is 2. The summed E-state index contributed by atoms with van der Waals surface area (Å²) in [5, 5.41) is 14.0. The molecule has 2 amide bonds. The van der Waals surface area contributed by atoms with Crippen LogP contribution in [0.5, 0.6) is 0 Å². The molecule has 2 N–H and O–H groups in total. The van der Waals surface area contributed by atoms with Crippen LogP contribution in [0.2, 0.25) is 0 Å². The number of nitrogens with one attached hydrogen (secondary N) is 2. The van der Waals surface area contributed by atoms with Gasteiger partial charge in [0.25, 0.3) is 5.91 Å². The standard InChI is InChI=1S/C21H20F6N4O3.C2HF3O2/c1-11-12(2)17(32)29-28-16(11)10-13-3-4-15(22)14(9-13)18(33)30-5-7-31(8-6-30)19(34)20(23,24)21(25,26)27;3-2(4,5)1(6)7/h3-4,9H,5-8,10H2,1-2H3,(H,29,32);(H,6,7). The van der Waals surface area contributed by atoms with E-state index in [0.717, 1.165) is 11.0 Å². The van der Waals surface area contributed by atoms with Gasteiger partial charge in [-0.3, -0.25) is 14.4 Å². The van der Waals surface area contributed by atoms with Crippen LogP contribution in [-0.4, -0.2) is 77.1 Å². The van der Waals surface area contributed by atoms with Gasteiger partial charge in [-0.1, -0.05) is 6.07 Å². The fourth-order valence-electron chi connectivity index (χ4n) is 3.55. The van der Waals surface area contributed by atoms with E-state index in [1.54, 1.807) is 13.8 Å². The largest absolute Gasteiger partial charge is 0.542 e. The molecule has 3 rings (SSSR count). The number of aromatic amines is 2. The Morgan fingerprint density at radius 3 is 1.93 bits per heavy atom. The van der Waals surface area contributed by atoms with Gasteiger partial charge < -0.3 is 19.7 Å². The molecular formula is C23H21F9N4O5. The Hall–Kier alpha value is -4.12. The topological polar surface area (TPSA) is 128 Å². The fraction of sp³-hybridized carbons (Fsp3) is 0.435. The molecule has 0 spiro atoms. The van der Waals surface area contributed by atoms with Gasteiger partial charge in [0.15, 0.2) is 0 Å². The van der Waals surface area contributed by atoms with Gasteiger partial charge >= 0.3 is 29.7 Å². The molecule has 2 aromatic rings. The summed E-state index contributed by atoms with van der Waals surface area (Å²) in [7, 11) is 0. The zero-order valence-electron chi connectivity index (χ0n) is 21.1. The van der Waals surface area contributed by atoms with E-state index < -0.39 is 55.0 Å². The van der Waals surface area contributed by atoms with Crippen molar-refractivity contribution in [3.05, 3.63) is 62.3 Å². The zero-order chi connectivity index (χ0) is 31.5. The molecule has 41 heavy (non-hydrogen) atoms. The first kappa shape index (κ1) is 33.1. The van der Waals surface area contributed by atoms with Crippen LogP contribution < -0.4 is 15.8 Å². The van der Waals surface area contributed by atoms with Crippen LogP contribution in [0, 0.1) is 19.7 Å². The monoisotopic (exact) mass is 604 g/mol. The van der Waals surface area contributed by atoms with Crippen molar-refractivity contribution in [1.82, 2.24) is 14.9 Å². The molecule has 0 saturated carbocycles. The number of halogens is 9. The maximum atomic E-state index is 14.4. The molecule has 18 heteroatoms. The van der Waals surface area contributed by atoms with E-state index in [-0.39, 0.29) is 30.6 Å². The van der Waals surface area contributed by atoms with Crippen LogP contribution in [0.1, 0.15) is 32.7 Å². The minimum atomic E-state index is -6.03. The predicted octanol–water partition coefficient (Wildman–Crippen LogP) is 1.32. The van der Waals surface area contributed by atoms with E-state index in [1.165, 1.54) is 12.1 Å². The van der Waals surface area contributed by atoms with E-state index in [0.29, 0.717) is 27.3 Å². The number of rotatable bonds is 4. The number of carbonyl (C=O) groups is 3. The average Bonchev–Trinajstić information content (AvgIpc) is 2.88. The van der Waals surface area contributed by atoms with Crippen LogP contribution in [0.25, 0.3) is 0 Å². The fourth-order valence-corrected chi connectivity index (χ4v) is 3.55. The first-order valence-corrected chi connectivity index (χ1v) is 11.4. The number of benzene rings is 1. The second kappa shape index (κ2) is 12.2. The number of H-pyrrole nitrogens is 2. The number of nitrogens with zero attached hydrogens (tertiary/aromatic N) is 2. The SMILES string of the molecule is Cc1c(Cc2ccc(F)c(C(=O)N3CCN(C(=O)C(F)(F)C(F)(F)F)CC3)c2)[nH+][nH]c(=O)c1C.O=C([O-])C(F)(F)F. The summed E-state index contributed by atoms with van der Waals surface area (Å²) in [6.07, 6.45) is -11.0. The van der Waals surface area contributed by atoms with Crippen molar-refractivity contribution in [3.8, 4) is 0 Å². The Morgan fingerprint density at radius 2 is 1.44 bits per heavy atom. The molecule has 9 nitrogen and oxygen atoms in total. The minimum absolute atomic E-state index is 0.235. The number of hydrogen-bond donors (Lipinski definition) is 1. The summed E-state index contributed by atoms with van der Waals surface area (Å²) in [6, 6.07) is 3.84. The molecule has 1 fully saturated rings. The molecule has 1 aromatic heterocycles. The highest BCUT2D eigenvalue weighted by Gasteiger charge is 2.64. The van der Waals surface area contributed by atoms with Crippen molar-refractivity contribution < 1.29 is 64.1 Å². The van der Waals surface area contributed by atoms with Gasteiger partial charge in [0.2, 0.25) is 5.69 Å². The number of piperazine rings is 1. The van der Waals surface area contributed by atoms with Crippen LogP contribution in [-0.2, 0) is 16.0 Å². The van der Waals surface area contributed by atoms with E-state index in [4.69, 9.17) is 9.90 Å². The summed E-state index contributed by atoms with van der Waals surface area (Å²) < 4.78 is 110. The average molecular weight is 604 g/mol. The van der Waals surface area contributed by atoms with E-state index >= 15 is 0 Å². The van der Waals surface area contributed by atoms with Gasteiger partial charge in [0, 0.05) is 37.3 Å². The third-order valence-corrected chi connectivity index (χ3v) is 6.03. The Balaban J connectivity index is 0.000000745. The summed E-state index contributed by atoms with van der Waals surface area (Å²) in [6.45, 7) is 1.59. The highest BCUT2D eigenvalue weighted by Crippen LogP contribution is 2.37. The third kappa shape index (κ3) is 7.75. The van der Waals surface area contributed by atoms with E-state index in [1.807, 2.05) is 0 Å². The second-order valence-corrected chi connectivity index (χ2v) is 8.74. The molecular weight excluding hydrogens is 583 g/mol. The van der Waals surface area contributed by atoms with E-state index in [9.17, 15) is 53.9 Å². The van der Waals surface area contributed by atoms with Crippen molar-refractivity contribution in [1.29, 1.82) is 0 Å². The number of carboxylic acids is 1. The van der Waals surface area contributed by atoms with Crippen LogP contribution >= 0.6 is 0 Å². The van der Waals surface area contributed by atoms with Gasteiger partial charge in [-0.25, -0.2) is 4.39 Å². The summed E-state index contributed by atoms with van der Waals surface area (Å²) in [5.74, 6) is -12.5. The summed E-state index contributed by atoms with van der Waals surface area (Å²) in [4.78, 5) is 46.3. The van der Waals surface area contributed by atoms with Gasteiger partial charge in [0.1, 0.15) is 11.8 Å². The summed E-state index contributed by atoms with van der Waals surface area (Å²) in [5.41, 5.74) is 1.76. The number of aromatic nitrogens is 2. The van der Waals surface area contributed by atoms with Crippen molar-refractivity contribution in [2.45, 2.75) is 38.5 Å². The smallest absolute Gasteiger partial charge is 0.463 e. The van der Waals surface area contributed by atoms with Crippen molar-refractivity contribution in [2.75, 3.05) is 26.2 Å². The van der Waals surface area contributed by atoms with Crippen molar-refractivity contribution in [3.63, 3.8) is 0 Å². The lowest BCUT2D eigenvalue weighted by Gasteiger charge is -2.36. The predicted molar refractivity (Wildman–Crippen MR) is 117 cm³/mol. The Labute approximate surface area is 224 Å². The number of alkyl halides is 8. The van der Waals surface area contributed by atoms with Crippen molar-refractivity contribution >= 4 is 17.8 Å². The molecule has 1 aliphatic rings. The number of aliphatic carboxylic acids is 1. The number of carbonyl (C=O) groups excluding carboxylic acids is 3. The number of carboxylic acid groups (broad SMARTS) is 1. The molecule has 2 heterocycles. The molecule has 0 aliphatic carbocycles. The quantitative estimate of drug-likeness (QED) is 0.527.